The Balaban J connectivity index is 1.87. The van der Waals surface area contributed by atoms with E-state index in [1.54, 1.807) is 6.07 Å². The van der Waals surface area contributed by atoms with Crippen molar-refractivity contribution in [1.82, 2.24) is 15.0 Å². The Labute approximate surface area is 126 Å². The number of halogens is 1. The normalized spacial score (nSPS) is 11.4. The zero-order valence-corrected chi connectivity index (χ0v) is 12.1. The fraction of sp³-hybridized carbons (Fsp3) is 0.111. The number of nitrogens with one attached hydrogen (secondary N) is 1. The van der Waals surface area contributed by atoms with E-state index >= 15 is 0 Å². The highest BCUT2D eigenvalue weighted by molar-refractivity contribution is 5.86. The van der Waals surface area contributed by atoms with Gasteiger partial charge >= 0.3 is 0 Å². The smallest absolute Gasteiger partial charge is 0.160 e. The third kappa shape index (κ3) is 2.13. The molecule has 0 radical (unpaired) electrons. The maximum atomic E-state index is 13.3. The summed E-state index contributed by atoms with van der Waals surface area (Å²) in [6.07, 6.45) is 0.882. The van der Waals surface area contributed by atoms with Crippen molar-refractivity contribution in [2.24, 2.45) is 0 Å². The third-order valence-corrected chi connectivity index (χ3v) is 3.83. The topological polar surface area (TPSA) is 41.6 Å². The van der Waals surface area contributed by atoms with E-state index in [1.807, 2.05) is 30.3 Å². The highest BCUT2D eigenvalue weighted by atomic mass is 19.1. The standard InChI is InChI=1S/C18H14FN3/c1-2-14-7-4-11-5-8-15(22-18(11)20-14)17-9-12-3-6-13(19)10-16(12)21-17/h3-10,21H,2H2,1H3. The van der Waals surface area contributed by atoms with Gasteiger partial charge in [-0.3, -0.25) is 0 Å². The molecule has 0 fully saturated rings. The summed E-state index contributed by atoms with van der Waals surface area (Å²) >= 11 is 0. The summed E-state index contributed by atoms with van der Waals surface area (Å²) in [5.41, 5.74) is 4.21. The average Bonchev–Trinajstić information content (AvgIpc) is 2.96. The van der Waals surface area contributed by atoms with Gasteiger partial charge in [-0.2, -0.15) is 0 Å². The van der Waals surface area contributed by atoms with E-state index in [4.69, 9.17) is 0 Å². The molecular formula is C18H14FN3. The molecule has 3 aromatic heterocycles. The van der Waals surface area contributed by atoms with Gasteiger partial charge in [0.25, 0.3) is 0 Å². The minimum atomic E-state index is -0.248. The van der Waals surface area contributed by atoms with Gasteiger partial charge in [0.2, 0.25) is 0 Å². The molecule has 22 heavy (non-hydrogen) atoms. The first kappa shape index (κ1) is 13.0. The molecule has 0 spiro atoms. The van der Waals surface area contributed by atoms with E-state index < -0.39 is 0 Å². The van der Waals surface area contributed by atoms with Crippen LogP contribution >= 0.6 is 0 Å². The predicted molar refractivity (Wildman–Crippen MR) is 86.2 cm³/mol. The van der Waals surface area contributed by atoms with Crippen molar-refractivity contribution in [3.8, 4) is 11.4 Å². The molecule has 0 saturated carbocycles. The van der Waals surface area contributed by atoms with Crippen LogP contribution in [-0.4, -0.2) is 15.0 Å². The van der Waals surface area contributed by atoms with Crippen LogP contribution in [-0.2, 0) is 6.42 Å². The van der Waals surface area contributed by atoms with Gasteiger partial charge in [-0.25, -0.2) is 14.4 Å². The predicted octanol–water partition coefficient (Wildman–Crippen LogP) is 4.48. The summed E-state index contributed by atoms with van der Waals surface area (Å²) in [6.45, 7) is 2.07. The van der Waals surface area contributed by atoms with Crippen LogP contribution in [0.1, 0.15) is 12.6 Å². The van der Waals surface area contributed by atoms with Crippen LogP contribution < -0.4 is 0 Å². The van der Waals surface area contributed by atoms with Crippen LogP contribution in [0.4, 0.5) is 4.39 Å². The Morgan fingerprint density at radius 3 is 2.64 bits per heavy atom. The van der Waals surface area contributed by atoms with E-state index in [0.717, 1.165) is 45.4 Å². The maximum Gasteiger partial charge on any atom is 0.160 e. The van der Waals surface area contributed by atoms with Crippen LogP contribution in [0.25, 0.3) is 33.3 Å². The van der Waals surface area contributed by atoms with Crippen molar-refractivity contribution in [3.63, 3.8) is 0 Å². The van der Waals surface area contributed by atoms with E-state index in [9.17, 15) is 4.39 Å². The molecule has 0 aliphatic rings. The van der Waals surface area contributed by atoms with Gasteiger partial charge < -0.3 is 4.98 Å². The molecule has 0 aliphatic carbocycles. The first-order valence-electron chi connectivity index (χ1n) is 7.28. The number of H-pyrrole nitrogens is 1. The lowest BCUT2D eigenvalue weighted by atomic mass is 10.2. The van der Waals surface area contributed by atoms with E-state index in [2.05, 4.69) is 21.9 Å². The minimum absolute atomic E-state index is 0.248. The van der Waals surface area contributed by atoms with Crippen LogP contribution in [0.3, 0.4) is 0 Å². The lowest BCUT2D eigenvalue weighted by Crippen LogP contribution is -1.92. The van der Waals surface area contributed by atoms with Crippen LogP contribution in [0, 0.1) is 5.82 Å². The molecule has 4 rings (SSSR count). The second kappa shape index (κ2) is 4.91. The van der Waals surface area contributed by atoms with Crippen molar-refractivity contribution in [3.05, 3.63) is 60.0 Å². The van der Waals surface area contributed by atoms with E-state index in [0.29, 0.717) is 0 Å². The number of hydrogen-bond acceptors (Lipinski definition) is 2. The zero-order chi connectivity index (χ0) is 15.1. The Kier molecular flexibility index (Phi) is 2.89. The van der Waals surface area contributed by atoms with Crippen LogP contribution in [0.5, 0.6) is 0 Å². The molecular weight excluding hydrogens is 277 g/mol. The van der Waals surface area contributed by atoms with Crippen molar-refractivity contribution in [2.45, 2.75) is 13.3 Å². The highest BCUT2D eigenvalue weighted by Gasteiger charge is 2.07. The van der Waals surface area contributed by atoms with Gasteiger partial charge in [0.05, 0.1) is 11.4 Å². The fourth-order valence-corrected chi connectivity index (χ4v) is 2.62. The van der Waals surface area contributed by atoms with Crippen LogP contribution in [0.2, 0.25) is 0 Å². The Hall–Kier alpha value is -2.75. The second-order valence-corrected chi connectivity index (χ2v) is 5.31. The summed E-state index contributed by atoms with van der Waals surface area (Å²) in [5.74, 6) is -0.248. The molecule has 0 saturated heterocycles. The Morgan fingerprint density at radius 2 is 1.77 bits per heavy atom. The van der Waals surface area contributed by atoms with E-state index in [1.165, 1.54) is 12.1 Å². The number of fused-ring (bicyclic) bond motifs is 2. The van der Waals surface area contributed by atoms with E-state index in [-0.39, 0.29) is 5.82 Å². The van der Waals surface area contributed by atoms with Crippen molar-refractivity contribution >= 4 is 21.9 Å². The van der Waals surface area contributed by atoms with Gasteiger partial charge in [-0.1, -0.05) is 6.92 Å². The van der Waals surface area contributed by atoms with Crippen molar-refractivity contribution < 1.29 is 4.39 Å². The van der Waals surface area contributed by atoms with Gasteiger partial charge in [0.15, 0.2) is 5.65 Å². The number of rotatable bonds is 2. The zero-order valence-electron chi connectivity index (χ0n) is 12.1. The SMILES string of the molecule is CCc1ccc2ccc(-c3cc4ccc(F)cc4[nH]3)nc2n1. The van der Waals surface area contributed by atoms with Gasteiger partial charge in [0.1, 0.15) is 5.82 Å². The summed E-state index contributed by atoms with van der Waals surface area (Å²) in [6, 6.07) is 14.7. The number of aromatic amines is 1. The number of aryl methyl sites for hydroxylation is 1. The number of pyridine rings is 2. The van der Waals surface area contributed by atoms with Gasteiger partial charge in [0, 0.05) is 22.0 Å². The Morgan fingerprint density at radius 1 is 0.955 bits per heavy atom. The minimum Gasteiger partial charge on any atom is -0.353 e. The van der Waals surface area contributed by atoms with Gasteiger partial charge in [-0.05, 0) is 55.0 Å². The monoisotopic (exact) mass is 291 g/mol. The molecule has 0 bridgehead atoms. The largest absolute Gasteiger partial charge is 0.353 e. The summed E-state index contributed by atoms with van der Waals surface area (Å²) in [4.78, 5) is 12.4. The number of hydrogen-bond donors (Lipinski definition) is 1. The quantitative estimate of drug-likeness (QED) is 0.591. The molecule has 1 N–H and O–H groups in total. The van der Waals surface area contributed by atoms with Crippen LogP contribution in [0.15, 0.2) is 48.5 Å². The second-order valence-electron chi connectivity index (χ2n) is 5.31. The number of aromatic nitrogens is 3. The molecule has 108 valence electrons. The first-order chi connectivity index (χ1) is 10.7. The lowest BCUT2D eigenvalue weighted by Gasteiger charge is -2.02. The summed E-state index contributed by atoms with van der Waals surface area (Å²) in [7, 11) is 0. The molecule has 0 atom stereocenters. The van der Waals surface area contributed by atoms with Crippen molar-refractivity contribution in [2.75, 3.05) is 0 Å². The fourth-order valence-electron chi connectivity index (χ4n) is 2.62. The molecule has 3 nitrogen and oxygen atoms in total. The molecule has 0 aliphatic heterocycles. The number of benzene rings is 1. The molecule has 4 aromatic rings. The number of nitrogens with zero attached hydrogens (tertiary/aromatic N) is 2. The molecule has 0 amide bonds. The summed E-state index contributed by atoms with van der Waals surface area (Å²) < 4.78 is 13.3. The van der Waals surface area contributed by atoms with Crippen molar-refractivity contribution in [1.29, 1.82) is 0 Å². The molecule has 4 heteroatoms. The molecule has 1 aromatic carbocycles. The summed E-state index contributed by atoms with van der Waals surface area (Å²) in [5, 5.41) is 1.98. The first-order valence-corrected chi connectivity index (χ1v) is 7.28. The Bertz CT molecular complexity index is 988. The highest BCUT2D eigenvalue weighted by Crippen LogP contribution is 2.25. The molecule has 3 heterocycles. The maximum absolute atomic E-state index is 13.3. The lowest BCUT2D eigenvalue weighted by molar-refractivity contribution is 0.629. The third-order valence-electron chi connectivity index (χ3n) is 3.83. The van der Waals surface area contributed by atoms with Gasteiger partial charge in [-0.15, -0.1) is 0 Å². The molecule has 0 unspecified atom stereocenters. The average molecular weight is 291 g/mol.